The van der Waals surface area contributed by atoms with Gasteiger partial charge in [0, 0.05) is 31.7 Å². The lowest BCUT2D eigenvalue weighted by Crippen LogP contribution is -2.11. The molecule has 3 aromatic rings. The van der Waals surface area contributed by atoms with Gasteiger partial charge >= 0.3 is 0 Å². The van der Waals surface area contributed by atoms with E-state index in [2.05, 4.69) is 32.8 Å². The van der Waals surface area contributed by atoms with Gasteiger partial charge in [-0.05, 0) is 5.56 Å². The van der Waals surface area contributed by atoms with Crippen LogP contribution in [0.2, 0.25) is 0 Å². The molecule has 0 atom stereocenters. The molecule has 120 valence electrons. The topological polar surface area (TPSA) is 56.3 Å². The summed E-state index contributed by atoms with van der Waals surface area (Å²) < 4.78 is 10.3. The van der Waals surface area contributed by atoms with Gasteiger partial charge in [0.05, 0.1) is 12.0 Å². The van der Waals surface area contributed by atoms with Crippen molar-refractivity contribution in [2.45, 2.75) is 6.61 Å². The second-order valence-electron chi connectivity index (χ2n) is 5.04. The summed E-state index contributed by atoms with van der Waals surface area (Å²) in [5.74, 6) is 1.51. The maximum atomic E-state index is 5.18. The van der Waals surface area contributed by atoms with E-state index < -0.39 is 0 Å². The number of aromatic nitrogens is 2. The number of fused-ring (bicyclic) bond motifs is 1. The van der Waals surface area contributed by atoms with Crippen LogP contribution in [0.25, 0.3) is 21.3 Å². The quantitative estimate of drug-likeness (QED) is 0.672. The first-order valence-electron chi connectivity index (χ1n) is 7.38. The lowest BCUT2D eigenvalue weighted by molar-refractivity contribution is 0.178. The fourth-order valence-corrected chi connectivity index (χ4v) is 3.38. The van der Waals surface area contributed by atoms with E-state index in [4.69, 9.17) is 9.47 Å². The SMILES string of the molecule is COCCNc1nc(COC)nc2scc(-c3ccccc3)c12. The Balaban J connectivity index is 2.08. The van der Waals surface area contributed by atoms with E-state index in [1.54, 1.807) is 25.6 Å². The van der Waals surface area contributed by atoms with E-state index in [-0.39, 0.29) is 0 Å². The summed E-state index contributed by atoms with van der Waals surface area (Å²) >= 11 is 1.62. The van der Waals surface area contributed by atoms with Crippen molar-refractivity contribution in [3.63, 3.8) is 0 Å². The largest absolute Gasteiger partial charge is 0.383 e. The molecule has 6 heteroatoms. The van der Waals surface area contributed by atoms with Crippen molar-refractivity contribution in [3.8, 4) is 11.1 Å². The first-order chi connectivity index (χ1) is 11.3. The van der Waals surface area contributed by atoms with E-state index >= 15 is 0 Å². The molecular formula is C17H19N3O2S. The average Bonchev–Trinajstić information content (AvgIpc) is 3.00. The minimum Gasteiger partial charge on any atom is -0.383 e. The summed E-state index contributed by atoms with van der Waals surface area (Å²) in [6.45, 7) is 1.71. The first kappa shape index (κ1) is 15.9. The van der Waals surface area contributed by atoms with Crippen molar-refractivity contribution in [2.75, 3.05) is 32.7 Å². The summed E-state index contributed by atoms with van der Waals surface area (Å²) in [5.41, 5.74) is 2.31. The molecule has 0 spiro atoms. The highest BCUT2D eigenvalue weighted by Crippen LogP contribution is 2.36. The fraction of sp³-hybridized carbons (Fsp3) is 0.294. The van der Waals surface area contributed by atoms with Crippen LogP contribution in [0.4, 0.5) is 5.82 Å². The molecule has 0 bridgehead atoms. The van der Waals surface area contributed by atoms with Crippen LogP contribution in [0.5, 0.6) is 0 Å². The summed E-state index contributed by atoms with van der Waals surface area (Å²) in [6.07, 6.45) is 0. The Bertz CT molecular complexity index is 774. The molecule has 0 fully saturated rings. The Hall–Kier alpha value is -2.02. The highest BCUT2D eigenvalue weighted by Gasteiger charge is 2.15. The van der Waals surface area contributed by atoms with E-state index in [9.17, 15) is 0 Å². The third-order valence-electron chi connectivity index (χ3n) is 3.44. The van der Waals surface area contributed by atoms with E-state index in [1.165, 1.54) is 0 Å². The maximum absolute atomic E-state index is 5.18. The number of rotatable bonds is 7. The molecule has 0 amide bonds. The number of nitrogens with zero attached hydrogens (tertiary/aromatic N) is 2. The summed E-state index contributed by atoms with van der Waals surface area (Å²) in [4.78, 5) is 10.2. The van der Waals surface area contributed by atoms with Gasteiger partial charge in [-0.15, -0.1) is 11.3 Å². The van der Waals surface area contributed by atoms with E-state index in [0.717, 1.165) is 27.2 Å². The number of benzene rings is 1. The van der Waals surface area contributed by atoms with Crippen LogP contribution in [0.15, 0.2) is 35.7 Å². The molecule has 23 heavy (non-hydrogen) atoms. The van der Waals surface area contributed by atoms with Crippen molar-refractivity contribution in [2.24, 2.45) is 0 Å². The van der Waals surface area contributed by atoms with E-state index in [0.29, 0.717) is 25.6 Å². The van der Waals surface area contributed by atoms with Crippen molar-refractivity contribution < 1.29 is 9.47 Å². The summed E-state index contributed by atoms with van der Waals surface area (Å²) in [6, 6.07) is 10.3. The van der Waals surface area contributed by atoms with Crippen LogP contribution in [0.3, 0.4) is 0 Å². The number of thiophene rings is 1. The lowest BCUT2D eigenvalue weighted by atomic mass is 10.1. The molecule has 0 saturated heterocycles. The third-order valence-corrected chi connectivity index (χ3v) is 4.31. The second-order valence-corrected chi connectivity index (χ2v) is 5.89. The second kappa shape index (κ2) is 7.50. The molecule has 0 radical (unpaired) electrons. The van der Waals surface area contributed by atoms with Crippen LogP contribution in [0.1, 0.15) is 5.82 Å². The Morgan fingerprint density at radius 3 is 2.65 bits per heavy atom. The van der Waals surface area contributed by atoms with Gasteiger partial charge in [-0.1, -0.05) is 30.3 Å². The van der Waals surface area contributed by atoms with Crippen molar-refractivity contribution in [3.05, 3.63) is 41.5 Å². The Kier molecular flexibility index (Phi) is 5.17. The molecule has 5 nitrogen and oxygen atoms in total. The minimum atomic E-state index is 0.396. The molecule has 0 unspecified atom stereocenters. The van der Waals surface area contributed by atoms with Crippen LogP contribution in [-0.2, 0) is 16.1 Å². The lowest BCUT2D eigenvalue weighted by Gasteiger charge is -2.10. The summed E-state index contributed by atoms with van der Waals surface area (Å²) in [5, 5.41) is 6.54. The van der Waals surface area contributed by atoms with Crippen LogP contribution >= 0.6 is 11.3 Å². The number of anilines is 1. The predicted molar refractivity (Wildman–Crippen MR) is 93.9 cm³/mol. The summed E-state index contributed by atoms with van der Waals surface area (Å²) in [7, 11) is 3.34. The van der Waals surface area contributed by atoms with Crippen molar-refractivity contribution in [1.29, 1.82) is 0 Å². The van der Waals surface area contributed by atoms with Crippen LogP contribution in [0, 0.1) is 0 Å². The van der Waals surface area contributed by atoms with Crippen LogP contribution in [-0.4, -0.2) is 37.3 Å². The zero-order chi connectivity index (χ0) is 16.1. The van der Waals surface area contributed by atoms with Crippen molar-refractivity contribution >= 4 is 27.4 Å². The number of hydrogen-bond acceptors (Lipinski definition) is 6. The average molecular weight is 329 g/mol. The van der Waals surface area contributed by atoms with Gasteiger partial charge in [-0.2, -0.15) is 0 Å². The monoisotopic (exact) mass is 329 g/mol. The highest BCUT2D eigenvalue weighted by atomic mass is 32.1. The maximum Gasteiger partial charge on any atom is 0.158 e. The zero-order valence-corrected chi connectivity index (χ0v) is 14.0. The molecule has 0 aliphatic carbocycles. The smallest absolute Gasteiger partial charge is 0.158 e. The molecular weight excluding hydrogens is 310 g/mol. The minimum absolute atomic E-state index is 0.396. The molecule has 0 aliphatic heterocycles. The number of nitrogens with one attached hydrogen (secondary N) is 1. The number of methoxy groups -OCH3 is 2. The third kappa shape index (κ3) is 3.50. The number of hydrogen-bond donors (Lipinski definition) is 1. The molecule has 2 heterocycles. The highest BCUT2D eigenvalue weighted by molar-refractivity contribution is 7.17. The van der Waals surface area contributed by atoms with Gasteiger partial charge < -0.3 is 14.8 Å². The van der Waals surface area contributed by atoms with E-state index in [1.807, 2.05) is 18.2 Å². The van der Waals surface area contributed by atoms with Gasteiger partial charge in [0.1, 0.15) is 17.3 Å². The van der Waals surface area contributed by atoms with Gasteiger partial charge in [0.2, 0.25) is 0 Å². The molecule has 2 aromatic heterocycles. The number of ether oxygens (including phenoxy) is 2. The van der Waals surface area contributed by atoms with Crippen molar-refractivity contribution in [1.82, 2.24) is 9.97 Å². The fourth-order valence-electron chi connectivity index (χ4n) is 2.41. The van der Waals surface area contributed by atoms with Gasteiger partial charge in [0.25, 0.3) is 0 Å². The zero-order valence-electron chi connectivity index (χ0n) is 13.2. The standard InChI is InChI=1S/C17H19N3O2S/c1-21-9-8-18-16-15-13(12-6-4-3-5-7-12)11-23-17(15)20-14(19-16)10-22-2/h3-7,11H,8-10H2,1-2H3,(H,18,19,20). The molecule has 0 aliphatic rings. The molecule has 1 aromatic carbocycles. The Labute approximate surface area is 139 Å². The first-order valence-corrected chi connectivity index (χ1v) is 8.26. The van der Waals surface area contributed by atoms with Gasteiger partial charge in [-0.3, -0.25) is 0 Å². The molecule has 0 saturated carbocycles. The van der Waals surface area contributed by atoms with Crippen LogP contribution < -0.4 is 5.32 Å². The Morgan fingerprint density at radius 2 is 1.91 bits per heavy atom. The Morgan fingerprint density at radius 1 is 1.09 bits per heavy atom. The van der Waals surface area contributed by atoms with Gasteiger partial charge in [-0.25, -0.2) is 9.97 Å². The molecule has 1 N–H and O–H groups in total. The molecule has 3 rings (SSSR count). The van der Waals surface area contributed by atoms with Gasteiger partial charge in [0.15, 0.2) is 5.82 Å². The predicted octanol–water partition coefficient (Wildman–Crippen LogP) is 3.56. The normalized spacial score (nSPS) is 11.0.